The van der Waals surface area contributed by atoms with Crippen molar-refractivity contribution in [3.8, 4) is 0 Å². The van der Waals surface area contributed by atoms with Crippen LogP contribution in [0.5, 0.6) is 0 Å². The van der Waals surface area contributed by atoms with Crippen molar-refractivity contribution < 1.29 is 9.59 Å². The number of amides is 2. The average Bonchev–Trinajstić information content (AvgIpc) is 2.42. The molecule has 1 N–H and O–H groups in total. The molecule has 0 bridgehead atoms. The fourth-order valence-corrected chi connectivity index (χ4v) is 3.70. The molecule has 0 unspecified atom stereocenters. The van der Waals surface area contributed by atoms with Crippen LogP contribution in [0, 0.1) is 5.41 Å². The van der Waals surface area contributed by atoms with Crippen LogP contribution in [0.2, 0.25) is 0 Å². The van der Waals surface area contributed by atoms with Crippen LogP contribution in [0.3, 0.4) is 0 Å². The number of nitrogens with one attached hydrogen (secondary N) is 1. The lowest BCUT2D eigenvalue weighted by Gasteiger charge is -2.50. The van der Waals surface area contributed by atoms with Crippen molar-refractivity contribution in [1.82, 2.24) is 15.1 Å². The van der Waals surface area contributed by atoms with Gasteiger partial charge in [0.05, 0.1) is 5.41 Å². The number of rotatable bonds is 4. The molecule has 1 saturated carbocycles. The van der Waals surface area contributed by atoms with E-state index in [1.807, 2.05) is 26.0 Å². The van der Waals surface area contributed by atoms with Crippen molar-refractivity contribution in [2.75, 3.05) is 34.2 Å². The first kappa shape index (κ1) is 15.3. The van der Waals surface area contributed by atoms with Gasteiger partial charge in [-0.3, -0.25) is 9.59 Å². The Morgan fingerprint density at radius 1 is 1.40 bits per heavy atom. The Morgan fingerprint density at radius 2 is 2.15 bits per heavy atom. The summed E-state index contributed by atoms with van der Waals surface area (Å²) < 4.78 is 0. The third-order valence-corrected chi connectivity index (χ3v) is 4.93. The summed E-state index contributed by atoms with van der Waals surface area (Å²) in [6, 6.07) is 0.0943. The lowest BCUT2D eigenvalue weighted by Crippen LogP contribution is -2.60. The molecule has 2 rings (SSSR count). The zero-order valence-electron chi connectivity index (χ0n) is 12.9. The van der Waals surface area contributed by atoms with Crippen LogP contribution >= 0.6 is 0 Å². The third kappa shape index (κ3) is 2.82. The fourth-order valence-electron chi connectivity index (χ4n) is 3.70. The second-order valence-corrected chi connectivity index (χ2v) is 6.48. The van der Waals surface area contributed by atoms with Gasteiger partial charge in [-0.25, -0.2) is 0 Å². The SMILES string of the molecule is CN(C)CCNC(=O)[C@]12CCCC[C@@H]1N(C)C(=O)CC2. The predicted octanol–water partition coefficient (Wildman–Crippen LogP) is 0.845. The number of carbonyl (C=O) groups is 2. The van der Waals surface area contributed by atoms with Gasteiger partial charge in [-0.15, -0.1) is 0 Å². The van der Waals surface area contributed by atoms with Gasteiger partial charge in [-0.05, 0) is 33.4 Å². The number of hydrogen-bond donors (Lipinski definition) is 1. The molecule has 1 aliphatic carbocycles. The second-order valence-electron chi connectivity index (χ2n) is 6.48. The summed E-state index contributed by atoms with van der Waals surface area (Å²) in [5.41, 5.74) is -0.340. The molecular weight excluding hydrogens is 254 g/mol. The lowest BCUT2D eigenvalue weighted by atomic mass is 9.64. The van der Waals surface area contributed by atoms with E-state index < -0.39 is 0 Å². The molecule has 2 amide bonds. The highest BCUT2D eigenvalue weighted by molar-refractivity contribution is 5.87. The molecule has 0 radical (unpaired) electrons. The lowest BCUT2D eigenvalue weighted by molar-refractivity contribution is -0.153. The van der Waals surface area contributed by atoms with Crippen molar-refractivity contribution in [3.05, 3.63) is 0 Å². The Morgan fingerprint density at radius 3 is 2.85 bits per heavy atom. The van der Waals surface area contributed by atoms with E-state index in [4.69, 9.17) is 0 Å². The van der Waals surface area contributed by atoms with E-state index in [0.29, 0.717) is 19.4 Å². The topological polar surface area (TPSA) is 52.7 Å². The van der Waals surface area contributed by atoms with E-state index in [0.717, 1.165) is 32.2 Å². The van der Waals surface area contributed by atoms with E-state index in [-0.39, 0.29) is 23.3 Å². The predicted molar refractivity (Wildman–Crippen MR) is 78.3 cm³/mol. The van der Waals surface area contributed by atoms with Gasteiger partial charge in [0, 0.05) is 32.6 Å². The molecule has 20 heavy (non-hydrogen) atoms. The molecule has 114 valence electrons. The molecule has 1 aliphatic heterocycles. The van der Waals surface area contributed by atoms with Crippen molar-refractivity contribution in [2.24, 2.45) is 5.41 Å². The number of carbonyl (C=O) groups excluding carboxylic acids is 2. The summed E-state index contributed by atoms with van der Waals surface area (Å²) in [6.45, 7) is 1.53. The van der Waals surface area contributed by atoms with Crippen LogP contribution in [0.4, 0.5) is 0 Å². The van der Waals surface area contributed by atoms with E-state index in [1.165, 1.54) is 0 Å². The summed E-state index contributed by atoms with van der Waals surface area (Å²) in [5.74, 6) is 0.344. The Balaban J connectivity index is 2.08. The third-order valence-electron chi connectivity index (χ3n) is 4.93. The molecule has 0 aromatic rings. The fraction of sp³-hybridized carbons (Fsp3) is 0.867. The number of hydrogen-bond acceptors (Lipinski definition) is 3. The van der Waals surface area contributed by atoms with Crippen molar-refractivity contribution >= 4 is 11.8 Å². The van der Waals surface area contributed by atoms with Crippen molar-refractivity contribution in [1.29, 1.82) is 0 Å². The molecule has 5 heteroatoms. The van der Waals surface area contributed by atoms with Crippen LogP contribution < -0.4 is 5.32 Å². The van der Waals surface area contributed by atoms with Crippen LogP contribution in [-0.4, -0.2) is 61.9 Å². The quantitative estimate of drug-likeness (QED) is 0.831. The van der Waals surface area contributed by atoms with Gasteiger partial charge in [0.25, 0.3) is 0 Å². The maximum atomic E-state index is 12.7. The minimum atomic E-state index is -0.340. The Kier molecular flexibility index (Phi) is 4.68. The first-order chi connectivity index (χ1) is 9.47. The first-order valence-electron chi connectivity index (χ1n) is 7.66. The van der Waals surface area contributed by atoms with Crippen LogP contribution in [-0.2, 0) is 9.59 Å². The molecular formula is C15H27N3O2. The second kappa shape index (κ2) is 6.12. The Hall–Kier alpha value is -1.10. The summed E-state index contributed by atoms with van der Waals surface area (Å²) in [5, 5.41) is 3.09. The number of nitrogens with zero attached hydrogens (tertiary/aromatic N) is 2. The van der Waals surface area contributed by atoms with Crippen molar-refractivity contribution in [3.63, 3.8) is 0 Å². The number of likely N-dealkylation sites (N-methyl/N-ethyl adjacent to an activating group) is 1. The van der Waals surface area contributed by atoms with Gasteiger partial charge >= 0.3 is 0 Å². The van der Waals surface area contributed by atoms with Gasteiger partial charge in [-0.2, -0.15) is 0 Å². The molecule has 0 spiro atoms. The summed E-state index contributed by atoms with van der Waals surface area (Å²) in [4.78, 5) is 28.5. The largest absolute Gasteiger partial charge is 0.354 e. The zero-order chi connectivity index (χ0) is 14.8. The minimum Gasteiger partial charge on any atom is -0.354 e. The number of fused-ring (bicyclic) bond motifs is 1. The summed E-state index contributed by atoms with van der Waals surface area (Å²) in [6.07, 6.45) is 5.32. The summed E-state index contributed by atoms with van der Waals surface area (Å²) >= 11 is 0. The standard InChI is InChI=1S/C15H27N3O2/c1-17(2)11-10-16-14(20)15-8-5-4-6-12(15)18(3)13(19)7-9-15/h12H,4-11H2,1-3H3,(H,16,20)/t12-,15-/m0/s1. The number of likely N-dealkylation sites (tertiary alicyclic amines) is 1. The molecule has 2 fully saturated rings. The van der Waals surface area contributed by atoms with Crippen LogP contribution in [0.1, 0.15) is 38.5 Å². The van der Waals surface area contributed by atoms with E-state index in [2.05, 4.69) is 10.2 Å². The monoisotopic (exact) mass is 281 g/mol. The smallest absolute Gasteiger partial charge is 0.228 e. The molecule has 0 aromatic carbocycles. The maximum Gasteiger partial charge on any atom is 0.228 e. The average molecular weight is 281 g/mol. The van der Waals surface area contributed by atoms with Crippen LogP contribution in [0.25, 0.3) is 0 Å². The highest BCUT2D eigenvalue weighted by atomic mass is 16.2. The number of piperidine rings is 1. The zero-order valence-corrected chi connectivity index (χ0v) is 12.9. The van der Waals surface area contributed by atoms with E-state index in [9.17, 15) is 9.59 Å². The normalized spacial score (nSPS) is 30.3. The highest BCUT2D eigenvalue weighted by Crippen LogP contribution is 2.45. The van der Waals surface area contributed by atoms with Gasteiger partial charge in [-0.1, -0.05) is 12.8 Å². The van der Waals surface area contributed by atoms with E-state index >= 15 is 0 Å². The minimum absolute atomic E-state index is 0.0943. The maximum absolute atomic E-state index is 12.7. The Bertz CT molecular complexity index is 383. The molecule has 0 aromatic heterocycles. The molecule has 1 heterocycles. The molecule has 1 saturated heterocycles. The highest BCUT2D eigenvalue weighted by Gasteiger charge is 2.52. The van der Waals surface area contributed by atoms with E-state index in [1.54, 1.807) is 0 Å². The molecule has 2 atom stereocenters. The molecule has 5 nitrogen and oxygen atoms in total. The van der Waals surface area contributed by atoms with Crippen molar-refractivity contribution in [2.45, 2.75) is 44.6 Å². The summed E-state index contributed by atoms with van der Waals surface area (Å²) in [7, 11) is 5.86. The van der Waals surface area contributed by atoms with Crippen LogP contribution in [0.15, 0.2) is 0 Å². The van der Waals surface area contributed by atoms with Gasteiger partial charge in [0.15, 0.2) is 0 Å². The van der Waals surface area contributed by atoms with Gasteiger partial charge < -0.3 is 15.1 Å². The molecule has 2 aliphatic rings. The van der Waals surface area contributed by atoms with Gasteiger partial charge in [0.1, 0.15) is 0 Å². The Labute approximate surface area is 121 Å². The van der Waals surface area contributed by atoms with Gasteiger partial charge in [0.2, 0.25) is 11.8 Å². The first-order valence-corrected chi connectivity index (χ1v) is 7.66.